The Kier molecular flexibility index (Phi) is 29.9. The summed E-state index contributed by atoms with van der Waals surface area (Å²) >= 11 is 0. The van der Waals surface area contributed by atoms with Crippen molar-refractivity contribution in [3.05, 3.63) is 261 Å². The molecule has 35 heteroatoms. The first-order valence-corrected chi connectivity index (χ1v) is 45.7. The third-order valence-corrected chi connectivity index (χ3v) is 25.5. The molecule has 1 saturated heterocycles. The largest absolute Gasteiger partial charge is 0.501 e. The lowest BCUT2D eigenvalue weighted by Gasteiger charge is -2.39. The van der Waals surface area contributed by atoms with Crippen molar-refractivity contribution in [2.75, 3.05) is 90.8 Å². The van der Waals surface area contributed by atoms with Crippen LogP contribution in [0.3, 0.4) is 0 Å². The maximum absolute atomic E-state index is 14.2. The van der Waals surface area contributed by atoms with Gasteiger partial charge in [0.15, 0.2) is 80.6 Å². The molecule has 7 atom stereocenters. The molecule has 0 bridgehead atoms. The first kappa shape index (κ1) is 92.0. The number of methoxy groups -OCH3 is 2. The molecule has 15 rings (SSSR count). The van der Waals surface area contributed by atoms with Crippen LogP contribution in [0.4, 0.5) is 17.1 Å². The monoisotopic (exact) mass is 1810 g/mol. The Balaban J connectivity index is 0.532. The topological polar surface area (TPSA) is 405 Å². The highest BCUT2D eigenvalue weighted by Crippen LogP contribution is 2.42. The lowest BCUT2D eigenvalue weighted by Crippen LogP contribution is -2.60. The summed E-state index contributed by atoms with van der Waals surface area (Å²) in [6.07, 6.45) is 2.36. The Bertz CT molecular complexity index is 5870. The minimum absolute atomic E-state index is 0.0113. The standard InChI is InChI=1S/C95H100N9O24S2/c1-61-16-27-75(28-17-61)129(114,115)45-32-82(108)64-22-20-63(21-23-64)80(106)14-8-39-121-43-44-122-60-70-58-102(99-98-70)37-40-120-38-9-15-81(107)67-24-29-83(125-95-92(111)91(110)90(109)89(59-105)126-95)88(48-67)128-130(116,117)127-74-25-18-62(19-26-74)55-100-33-30-71(31-34-100)101(35-41-123-86-51-78-76(49-84(86)118-2)93(112)103-56-68-12-6-4-10-65(68)46-72(103)53-96-78)36-42-124-87-52-79-77(50-85(87)119-3)94(113)104-57-69-13-7-5-11-66(69)47-73(104)54-97-79/h4-7,10-13,16-31,33-34,48-54,58,72-73,89-92,95,105,109-111H,8-9,14-15,32,35-47,55-57,59-60H2,1-3H3/q+1. The predicted molar refractivity (Wildman–Crippen MR) is 473 cm³/mol. The number of benzene rings is 8. The van der Waals surface area contributed by atoms with E-state index in [1.807, 2.05) is 94.6 Å². The molecule has 7 heterocycles. The van der Waals surface area contributed by atoms with Crippen LogP contribution < -0.4 is 41.5 Å². The zero-order chi connectivity index (χ0) is 91.0. The maximum atomic E-state index is 14.2. The average molecular weight is 1820 g/mol. The minimum atomic E-state index is -5.07. The molecule has 1 fully saturated rings. The fourth-order valence-electron chi connectivity index (χ4n) is 15.8. The van der Waals surface area contributed by atoms with E-state index >= 15 is 0 Å². The van der Waals surface area contributed by atoms with Gasteiger partial charge in [0.1, 0.15) is 49.1 Å². The second-order valence-corrected chi connectivity index (χ2v) is 35.1. The third-order valence-electron chi connectivity index (χ3n) is 23.0. The fourth-order valence-corrected chi connectivity index (χ4v) is 17.7. The first-order chi connectivity index (χ1) is 62.9. The van der Waals surface area contributed by atoms with Crippen molar-refractivity contribution in [2.45, 2.75) is 132 Å². The van der Waals surface area contributed by atoms with Crippen LogP contribution in [0.25, 0.3) is 0 Å². The number of pyridine rings is 1. The van der Waals surface area contributed by atoms with Gasteiger partial charge in [0.05, 0.1) is 118 Å². The van der Waals surface area contributed by atoms with Gasteiger partial charge >= 0.3 is 10.4 Å². The summed E-state index contributed by atoms with van der Waals surface area (Å²) < 4.78 is 121. The molecule has 0 spiro atoms. The molecular formula is C95H100N9O24S2+. The summed E-state index contributed by atoms with van der Waals surface area (Å²) in [6, 6.07) is 48.8. The highest BCUT2D eigenvalue weighted by Gasteiger charge is 2.46. The zero-order valence-corrected chi connectivity index (χ0v) is 73.4. The van der Waals surface area contributed by atoms with Crippen LogP contribution in [0.1, 0.15) is 123 Å². The van der Waals surface area contributed by atoms with Crippen molar-refractivity contribution in [3.63, 3.8) is 0 Å². The second-order valence-electron chi connectivity index (χ2n) is 31.8. The van der Waals surface area contributed by atoms with Gasteiger partial charge in [-0.15, -0.1) is 13.5 Å². The van der Waals surface area contributed by atoms with Gasteiger partial charge in [-0.3, -0.25) is 34.0 Å². The molecule has 0 aliphatic carbocycles. The van der Waals surface area contributed by atoms with E-state index in [2.05, 4.69) is 27.3 Å². The summed E-state index contributed by atoms with van der Waals surface area (Å²) in [4.78, 5) is 83.5. The van der Waals surface area contributed by atoms with Gasteiger partial charge in [0.2, 0.25) is 6.29 Å². The minimum Gasteiger partial charge on any atom is -0.493 e. The van der Waals surface area contributed by atoms with Gasteiger partial charge in [-0.1, -0.05) is 95.7 Å². The van der Waals surface area contributed by atoms with Crippen LogP contribution >= 0.6 is 0 Å². The van der Waals surface area contributed by atoms with E-state index in [4.69, 9.17) is 61.0 Å². The SMILES string of the molecule is COc1cc2c(cc1OCCN(CCOc1cc3c(cc1OC)C(=O)N1Cc4ccccc4CC1C=N3)c1cc[n+](Cc3ccc(OS(=O)(=O)Oc4cc(C(=O)CCCOCCn5cc(COCCOCCCC(=O)c6ccc(C(=O)CCS(=O)(=O)c7ccc(C)cc7)cc6)nn5)ccc4OC4OC(CO)C(O)C(O)C4O)cc3)cc1)N=CC1Cc3ccccc3CN1C2=O. The van der Waals surface area contributed by atoms with Gasteiger partial charge in [0, 0.05) is 110 Å². The lowest BCUT2D eigenvalue weighted by atomic mass is 9.94. The molecule has 2 aromatic heterocycles. The fraction of sp³-hybridized carbons (Fsp3) is 0.347. The third kappa shape index (κ3) is 22.8. The number of hydrogen-bond acceptors (Lipinski definition) is 29. The molecule has 0 saturated carbocycles. The maximum Gasteiger partial charge on any atom is 0.501 e. The predicted octanol–water partition coefficient (Wildman–Crippen LogP) is 9.27. The molecule has 10 aromatic rings. The Hall–Kier alpha value is -12.7. The summed E-state index contributed by atoms with van der Waals surface area (Å²) in [5.74, 6) is -1.18. The van der Waals surface area contributed by atoms with E-state index in [9.17, 15) is 61.2 Å². The Morgan fingerprint density at radius 3 is 1.68 bits per heavy atom. The van der Waals surface area contributed by atoms with Gasteiger partial charge in [-0.05, 0) is 122 Å². The number of aliphatic hydroxyl groups is 4. The van der Waals surface area contributed by atoms with E-state index in [1.165, 1.54) is 73.9 Å². The smallest absolute Gasteiger partial charge is 0.493 e. The Morgan fingerprint density at radius 2 is 1.10 bits per heavy atom. The van der Waals surface area contributed by atoms with Crippen molar-refractivity contribution in [1.29, 1.82) is 0 Å². The van der Waals surface area contributed by atoms with Crippen molar-refractivity contribution in [1.82, 2.24) is 24.8 Å². The molecule has 130 heavy (non-hydrogen) atoms. The van der Waals surface area contributed by atoms with Gasteiger partial charge in [0.25, 0.3) is 11.8 Å². The van der Waals surface area contributed by atoms with Crippen molar-refractivity contribution in [3.8, 4) is 40.2 Å². The number of nitrogens with zero attached hydrogens (tertiary/aromatic N) is 9. The first-order valence-electron chi connectivity index (χ1n) is 42.7. The van der Waals surface area contributed by atoms with E-state index in [0.717, 1.165) is 34.0 Å². The Morgan fingerprint density at radius 1 is 0.554 bits per heavy atom. The number of fused-ring (bicyclic) bond motifs is 6. The quantitative estimate of drug-likeness (QED) is 0.0157. The molecule has 8 aromatic carbocycles. The number of amides is 2. The van der Waals surface area contributed by atoms with E-state index in [-0.39, 0.29) is 129 Å². The molecule has 33 nitrogen and oxygen atoms in total. The number of aliphatic imine (C=N–C) groups is 2. The number of sulfone groups is 1. The van der Waals surface area contributed by atoms with E-state index < -0.39 is 74.8 Å². The molecular weight excluding hydrogens is 1720 g/mol. The molecule has 0 radical (unpaired) electrons. The number of ketones is 3. The van der Waals surface area contributed by atoms with Crippen LogP contribution in [-0.2, 0) is 84.8 Å². The zero-order valence-electron chi connectivity index (χ0n) is 71.7. The van der Waals surface area contributed by atoms with Crippen molar-refractivity contribution >= 4 is 78.9 Å². The van der Waals surface area contributed by atoms with Gasteiger partial charge in [-0.25, -0.2) is 17.7 Å². The van der Waals surface area contributed by atoms with Crippen LogP contribution in [-0.4, -0.2) is 232 Å². The number of anilines is 1. The summed E-state index contributed by atoms with van der Waals surface area (Å²) in [7, 11) is -5.66. The normalized spacial score (nSPS) is 17.9. The number of hydrogen-bond donors (Lipinski definition) is 4. The van der Waals surface area contributed by atoms with E-state index in [0.29, 0.717) is 127 Å². The van der Waals surface area contributed by atoms with Crippen molar-refractivity contribution in [2.24, 2.45) is 9.98 Å². The number of carbonyl (C=O) groups is 5. The molecule has 5 aliphatic rings. The van der Waals surface area contributed by atoms with Crippen LogP contribution in [0.15, 0.2) is 209 Å². The second kappa shape index (κ2) is 42.3. The molecule has 2 amide bonds. The van der Waals surface area contributed by atoms with Gasteiger partial charge < -0.3 is 86.1 Å². The Labute approximate surface area is 751 Å². The number of carbonyl (C=O) groups excluding carboxylic acids is 5. The number of ether oxygens (including phenoxy) is 9. The van der Waals surface area contributed by atoms with Gasteiger partial charge in [-0.2, -0.15) is 0 Å². The van der Waals surface area contributed by atoms with Crippen molar-refractivity contribution < 1.29 is 117 Å². The molecule has 5 aliphatic heterocycles. The lowest BCUT2D eigenvalue weighted by molar-refractivity contribution is -0.688. The molecule has 7 unspecified atom stereocenters. The van der Waals surface area contributed by atoms with Crippen LogP contribution in [0, 0.1) is 6.92 Å². The molecule has 4 N–H and O–H groups in total. The van der Waals surface area contributed by atoms with E-state index in [1.54, 1.807) is 71.5 Å². The number of Topliss-reactive ketones (excluding diaryl/α,β-unsaturated/α-hetero) is 3. The summed E-state index contributed by atoms with van der Waals surface area (Å²) in [5, 5.41) is 50.1. The number of rotatable bonds is 43. The average Bonchev–Trinajstić information content (AvgIpc) is 1.61. The number of aromatic nitrogens is 4. The molecule has 680 valence electrons. The number of aliphatic hydroxyl groups excluding tert-OH is 4. The highest BCUT2D eigenvalue weighted by atomic mass is 32.3. The van der Waals surface area contributed by atoms with Crippen LogP contribution in [0.5, 0.6) is 40.2 Å². The summed E-state index contributed by atoms with van der Waals surface area (Å²) in [5.41, 5.74) is 9.97. The summed E-state index contributed by atoms with van der Waals surface area (Å²) in [6.45, 7) is 4.87. The number of aryl methyl sites for hydroxylation is 1. The van der Waals surface area contributed by atoms with Crippen LogP contribution in [0.2, 0.25) is 0 Å². The highest BCUT2D eigenvalue weighted by molar-refractivity contribution is 7.91.